The molecule has 7 heteroatoms. The van der Waals surface area contributed by atoms with Gasteiger partial charge in [0.1, 0.15) is 17.3 Å². The smallest absolute Gasteiger partial charge is 0.356 e. The Morgan fingerprint density at radius 3 is 2.63 bits per heavy atom. The first-order chi connectivity index (χ1) is 14.5. The van der Waals surface area contributed by atoms with Crippen molar-refractivity contribution in [1.29, 1.82) is 0 Å². The van der Waals surface area contributed by atoms with Crippen molar-refractivity contribution in [1.82, 2.24) is 9.55 Å². The van der Waals surface area contributed by atoms with Gasteiger partial charge in [0.15, 0.2) is 0 Å². The van der Waals surface area contributed by atoms with Crippen LogP contribution in [0, 0.1) is 11.6 Å². The zero-order valence-corrected chi connectivity index (χ0v) is 17.0. The molecular formula is C23H18F2N2O2S. The number of rotatable bonds is 6. The van der Waals surface area contributed by atoms with Crippen LogP contribution >= 0.6 is 11.8 Å². The first kappa shape index (κ1) is 20.1. The van der Waals surface area contributed by atoms with Crippen molar-refractivity contribution in [3.8, 4) is 0 Å². The van der Waals surface area contributed by atoms with Crippen molar-refractivity contribution >= 4 is 28.6 Å². The predicted octanol–water partition coefficient (Wildman–Crippen LogP) is 5.44. The molecule has 0 saturated heterocycles. The second-order valence-corrected chi connectivity index (χ2v) is 7.75. The van der Waals surface area contributed by atoms with Crippen LogP contribution in [0.15, 0.2) is 71.9 Å². The van der Waals surface area contributed by atoms with Crippen LogP contribution in [-0.2, 0) is 17.0 Å². The monoisotopic (exact) mass is 424 g/mol. The number of esters is 1. The third kappa shape index (κ3) is 4.21. The standard InChI is InChI=1S/C23H18F2N2O2S/c1-29-23(28)21-10-19-16(14-30-18-5-3-2-4-6-18)13-27(22(19)11-26-21)12-15-7-8-17(24)9-20(15)25/h2-11,13H,12,14H2,1H3. The van der Waals surface area contributed by atoms with Crippen LogP contribution in [0.2, 0.25) is 0 Å². The molecular weight excluding hydrogens is 406 g/mol. The number of thioether (sulfide) groups is 1. The molecule has 152 valence electrons. The lowest BCUT2D eigenvalue weighted by atomic mass is 10.2. The largest absolute Gasteiger partial charge is 0.464 e. The highest BCUT2D eigenvalue weighted by Crippen LogP contribution is 2.30. The van der Waals surface area contributed by atoms with Crippen LogP contribution in [0.1, 0.15) is 21.6 Å². The number of hydrogen-bond donors (Lipinski definition) is 0. The van der Waals surface area contributed by atoms with E-state index in [0.717, 1.165) is 27.4 Å². The van der Waals surface area contributed by atoms with Crippen LogP contribution in [0.4, 0.5) is 8.78 Å². The SMILES string of the molecule is COC(=O)c1cc2c(CSc3ccccc3)cn(Cc3ccc(F)cc3F)c2cn1. The molecule has 4 nitrogen and oxygen atoms in total. The van der Waals surface area contributed by atoms with E-state index in [4.69, 9.17) is 4.74 Å². The molecule has 30 heavy (non-hydrogen) atoms. The lowest BCUT2D eigenvalue weighted by Gasteiger charge is -2.07. The lowest BCUT2D eigenvalue weighted by molar-refractivity contribution is 0.0594. The zero-order valence-electron chi connectivity index (χ0n) is 16.1. The first-order valence-corrected chi connectivity index (χ1v) is 10.2. The molecule has 0 spiro atoms. The minimum absolute atomic E-state index is 0.210. The van der Waals surface area contributed by atoms with E-state index in [9.17, 15) is 13.6 Å². The molecule has 0 amide bonds. The Labute approximate surface area is 176 Å². The number of halogens is 2. The number of methoxy groups -OCH3 is 1. The fourth-order valence-electron chi connectivity index (χ4n) is 3.23. The summed E-state index contributed by atoms with van der Waals surface area (Å²) >= 11 is 1.66. The van der Waals surface area contributed by atoms with E-state index in [1.807, 2.05) is 41.1 Å². The molecule has 0 aliphatic rings. The van der Waals surface area contributed by atoms with Gasteiger partial charge in [-0.2, -0.15) is 0 Å². The summed E-state index contributed by atoms with van der Waals surface area (Å²) in [5.41, 5.74) is 2.32. The molecule has 0 radical (unpaired) electrons. The van der Waals surface area contributed by atoms with E-state index in [2.05, 4.69) is 4.98 Å². The van der Waals surface area contributed by atoms with Gasteiger partial charge >= 0.3 is 5.97 Å². The second kappa shape index (κ2) is 8.67. The van der Waals surface area contributed by atoms with E-state index in [0.29, 0.717) is 11.3 Å². The van der Waals surface area contributed by atoms with Gasteiger partial charge in [0.25, 0.3) is 0 Å². The van der Waals surface area contributed by atoms with E-state index in [1.165, 1.54) is 19.2 Å². The van der Waals surface area contributed by atoms with Gasteiger partial charge in [-0.15, -0.1) is 11.8 Å². The number of fused-ring (bicyclic) bond motifs is 1. The van der Waals surface area contributed by atoms with Gasteiger partial charge in [-0.25, -0.2) is 18.6 Å². The summed E-state index contributed by atoms with van der Waals surface area (Å²) < 4.78 is 34.1. The molecule has 0 fully saturated rings. The quantitative estimate of drug-likeness (QED) is 0.305. The van der Waals surface area contributed by atoms with Crippen molar-refractivity contribution in [3.05, 3.63) is 95.4 Å². The lowest BCUT2D eigenvalue weighted by Crippen LogP contribution is -2.05. The number of nitrogens with zero attached hydrogens (tertiary/aromatic N) is 2. The van der Waals surface area contributed by atoms with Crippen molar-refractivity contribution in [2.24, 2.45) is 0 Å². The molecule has 0 atom stereocenters. The van der Waals surface area contributed by atoms with E-state index in [1.54, 1.807) is 24.0 Å². The van der Waals surface area contributed by atoms with Crippen LogP contribution in [0.5, 0.6) is 0 Å². The third-order valence-corrected chi connectivity index (χ3v) is 5.80. The van der Waals surface area contributed by atoms with E-state index >= 15 is 0 Å². The highest BCUT2D eigenvalue weighted by atomic mass is 32.2. The van der Waals surface area contributed by atoms with Crippen molar-refractivity contribution in [2.75, 3.05) is 7.11 Å². The Kier molecular flexibility index (Phi) is 5.81. The van der Waals surface area contributed by atoms with Crippen LogP contribution in [-0.4, -0.2) is 22.6 Å². The van der Waals surface area contributed by atoms with Gasteiger partial charge in [0.05, 0.1) is 25.4 Å². The summed E-state index contributed by atoms with van der Waals surface area (Å²) in [6.45, 7) is 0.220. The Morgan fingerprint density at radius 2 is 1.90 bits per heavy atom. The number of aromatic nitrogens is 2. The van der Waals surface area contributed by atoms with Gasteiger partial charge in [0, 0.05) is 33.9 Å². The van der Waals surface area contributed by atoms with Crippen LogP contribution < -0.4 is 0 Å². The Balaban J connectivity index is 1.73. The number of carbonyl (C=O) groups is 1. The molecule has 4 aromatic rings. The van der Waals surface area contributed by atoms with Gasteiger partial charge in [-0.3, -0.25) is 0 Å². The number of pyridine rings is 1. The maximum Gasteiger partial charge on any atom is 0.356 e. The minimum atomic E-state index is -0.613. The predicted molar refractivity (Wildman–Crippen MR) is 113 cm³/mol. The summed E-state index contributed by atoms with van der Waals surface area (Å²) in [7, 11) is 1.31. The molecule has 2 aromatic carbocycles. The maximum atomic E-state index is 14.2. The number of hydrogen-bond acceptors (Lipinski definition) is 4. The van der Waals surface area contributed by atoms with Crippen molar-refractivity contribution in [2.45, 2.75) is 17.2 Å². The van der Waals surface area contributed by atoms with Crippen molar-refractivity contribution < 1.29 is 18.3 Å². The van der Waals surface area contributed by atoms with E-state index < -0.39 is 17.6 Å². The summed E-state index contributed by atoms with van der Waals surface area (Å²) in [6.07, 6.45) is 3.51. The fourth-order valence-corrected chi connectivity index (χ4v) is 4.14. The molecule has 2 aromatic heterocycles. The van der Waals surface area contributed by atoms with Gasteiger partial charge < -0.3 is 9.30 Å². The topological polar surface area (TPSA) is 44.1 Å². The first-order valence-electron chi connectivity index (χ1n) is 9.23. The summed E-state index contributed by atoms with van der Waals surface area (Å²) in [5.74, 6) is -1.07. The highest BCUT2D eigenvalue weighted by Gasteiger charge is 2.15. The number of carbonyl (C=O) groups excluding carboxylic acids is 1. The number of ether oxygens (including phenoxy) is 1. The zero-order chi connectivity index (χ0) is 21.1. The normalized spacial score (nSPS) is 11.0. The highest BCUT2D eigenvalue weighted by molar-refractivity contribution is 7.98. The van der Waals surface area contributed by atoms with Crippen LogP contribution in [0.25, 0.3) is 10.9 Å². The summed E-state index contributed by atoms with van der Waals surface area (Å²) in [4.78, 5) is 17.2. The minimum Gasteiger partial charge on any atom is -0.464 e. The molecule has 0 bridgehead atoms. The molecule has 4 rings (SSSR count). The molecule has 0 aliphatic carbocycles. The fraction of sp³-hybridized carbons (Fsp3) is 0.130. The second-order valence-electron chi connectivity index (χ2n) is 6.70. The summed E-state index contributed by atoms with van der Waals surface area (Å²) in [5, 5.41) is 0.844. The Bertz CT molecular complexity index is 1210. The van der Waals surface area contributed by atoms with E-state index in [-0.39, 0.29) is 12.2 Å². The average molecular weight is 424 g/mol. The Morgan fingerprint density at radius 1 is 1.10 bits per heavy atom. The average Bonchev–Trinajstić information content (AvgIpc) is 3.11. The Hall–Kier alpha value is -3.19. The van der Waals surface area contributed by atoms with Gasteiger partial charge in [-0.05, 0) is 29.8 Å². The molecule has 0 N–H and O–H groups in total. The van der Waals surface area contributed by atoms with Gasteiger partial charge in [0.2, 0.25) is 0 Å². The molecule has 0 unspecified atom stereocenters. The molecule has 0 saturated carbocycles. The maximum absolute atomic E-state index is 14.2. The van der Waals surface area contributed by atoms with Crippen LogP contribution in [0.3, 0.4) is 0 Å². The number of benzene rings is 2. The molecule has 2 heterocycles. The van der Waals surface area contributed by atoms with Crippen molar-refractivity contribution in [3.63, 3.8) is 0 Å². The summed E-state index contributed by atoms with van der Waals surface area (Å²) in [6, 6.07) is 15.2. The third-order valence-electron chi connectivity index (χ3n) is 4.74. The van der Waals surface area contributed by atoms with Gasteiger partial charge in [-0.1, -0.05) is 24.3 Å². The molecule has 0 aliphatic heterocycles.